The number of aryl methyl sites for hydroxylation is 1. The Hall–Kier alpha value is -2.21. The zero-order valence-electron chi connectivity index (χ0n) is 12.0. The van der Waals surface area contributed by atoms with Gasteiger partial charge >= 0.3 is 0 Å². The number of hydrogen-bond acceptors (Lipinski definition) is 5. The van der Waals surface area contributed by atoms with E-state index in [0.717, 1.165) is 16.9 Å². The summed E-state index contributed by atoms with van der Waals surface area (Å²) in [6.07, 6.45) is 0.797. The molecule has 1 aromatic carbocycles. The molecule has 0 saturated heterocycles. The van der Waals surface area contributed by atoms with E-state index in [1.54, 1.807) is 6.92 Å². The van der Waals surface area contributed by atoms with Gasteiger partial charge in [0, 0.05) is 6.92 Å². The smallest absolute Gasteiger partial charge is 0.266 e. The number of carbonyl (C=O) groups is 2. The van der Waals surface area contributed by atoms with Crippen LogP contribution in [0.15, 0.2) is 30.5 Å². The summed E-state index contributed by atoms with van der Waals surface area (Å²) in [4.78, 5) is 27.7. The van der Waals surface area contributed by atoms with Crippen molar-refractivity contribution in [2.45, 2.75) is 26.9 Å². The Balaban J connectivity index is 1.95. The topological polar surface area (TPSA) is 68.3 Å². The molecule has 6 heteroatoms. The van der Waals surface area contributed by atoms with Gasteiger partial charge in [-0.25, -0.2) is 4.98 Å². The monoisotopic (exact) mass is 304 g/mol. The van der Waals surface area contributed by atoms with E-state index in [2.05, 4.69) is 10.3 Å². The van der Waals surface area contributed by atoms with Crippen molar-refractivity contribution in [1.82, 2.24) is 4.98 Å². The van der Waals surface area contributed by atoms with Crippen LogP contribution in [0.2, 0.25) is 0 Å². The Morgan fingerprint density at radius 3 is 2.52 bits per heavy atom. The van der Waals surface area contributed by atoms with Crippen LogP contribution in [0.25, 0.3) is 0 Å². The minimum Gasteiger partial charge on any atom is -0.481 e. The number of aromatic nitrogens is 1. The van der Waals surface area contributed by atoms with Crippen molar-refractivity contribution in [3.63, 3.8) is 0 Å². The molecule has 2 aromatic rings. The number of ether oxygens (including phenoxy) is 1. The lowest BCUT2D eigenvalue weighted by Crippen LogP contribution is -2.30. The molecule has 21 heavy (non-hydrogen) atoms. The lowest BCUT2D eigenvalue weighted by Gasteiger charge is -2.13. The van der Waals surface area contributed by atoms with Crippen molar-refractivity contribution < 1.29 is 14.3 Å². The van der Waals surface area contributed by atoms with Crippen LogP contribution in [0.5, 0.6) is 5.75 Å². The molecule has 1 unspecified atom stereocenters. The van der Waals surface area contributed by atoms with Gasteiger partial charge in [0.05, 0.1) is 11.1 Å². The third kappa shape index (κ3) is 4.13. The largest absolute Gasteiger partial charge is 0.481 e. The Morgan fingerprint density at radius 1 is 1.29 bits per heavy atom. The second-order valence-corrected chi connectivity index (χ2v) is 5.68. The quantitative estimate of drug-likeness (QED) is 0.862. The first kappa shape index (κ1) is 15.2. The van der Waals surface area contributed by atoms with Crippen molar-refractivity contribution in [2.75, 3.05) is 5.32 Å². The fourth-order valence-corrected chi connectivity index (χ4v) is 2.29. The molecule has 0 aliphatic rings. The lowest BCUT2D eigenvalue weighted by molar-refractivity contribution is -0.122. The maximum atomic E-state index is 12.0. The number of nitrogens with one attached hydrogen (secondary N) is 1. The van der Waals surface area contributed by atoms with E-state index in [-0.39, 0.29) is 11.7 Å². The van der Waals surface area contributed by atoms with Crippen molar-refractivity contribution in [2.24, 2.45) is 0 Å². The van der Waals surface area contributed by atoms with Crippen LogP contribution < -0.4 is 10.1 Å². The number of rotatable bonds is 5. The molecule has 1 N–H and O–H groups in total. The number of hydrogen-bond donors (Lipinski definition) is 1. The van der Waals surface area contributed by atoms with Crippen LogP contribution in [0.3, 0.4) is 0 Å². The highest BCUT2D eigenvalue weighted by Gasteiger charge is 2.17. The molecule has 0 aliphatic heterocycles. The first-order valence-corrected chi connectivity index (χ1v) is 7.28. The molecule has 1 heterocycles. The van der Waals surface area contributed by atoms with E-state index in [9.17, 15) is 9.59 Å². The minimum absolute atomic E-state index is 0.0723. The fourth-order valence-electron chi connectivity index (χ4n) is 1.58. The van der Waals surface area contributed by atoms with Gasteiger partial charge in [-0.3, -0.25) is 14.9 Å². The fraction of sp³-hybridized carbons (Fsp3) is 0.267. The second kappa shape index (κ2) is 6.49. The highest BCUT2D eigenvalue weighted by molar-refractivity contribution is 7.17. The summed E-state index contributed by atoms with van der Waals surface area (Å²) in [5.74, 6) is 0.254. The van der Waals surface area contributed by atoms with Crippen LogP contribution in [-0.2, 0) is 4.79 Å². The first-order chi connectivity index (χ1) is 9.95. The number of nitrogens with zero attached hydrogens (tertiary/aromatic N) is 1. The molecule has 110 valence electrons. The van der Waals surface area contributed by atoms with Gasteiger partial charge in [-0.05, 0) is 26.0 Å². The van der Waals surface area contributed by atoms with E-state index < -0.39 is 6.10 Å². The summed E-state index contributed by atoms with van der Waals surface area (Å²) in [5.41, 5.74) is 1.12. The van der Waals surface area contributed by atoms with Crippen LogP contribution in [0.4, 0.5) is 5.13 Å². The number of amides is 1. The van der Waals surface area contributed by atoms with Gasteiger partial charge in [0.25, 0.3) is 5.91 Å². The third-order valence-electron chi connectivity index (χ3n) is 2.79. The number of Topliss-reactive ketones (excluding diaryl/α,β-unsaturated/α-hetero) is 1. The molecule has 0 spiro atoms. The predicted octanol–water partition coefficient (Wildman–Crippen LogP) is 3.06. The first-order valence-electron chi connectivity index (χ1n) is 6.46. The van der Waals surface area contributed by atoms with Crippen LogP contribution in [0.1, 0.15) is 29.1 Å². The second-order valence-electron chi connectivity index (χ2n) is 4.65. The summed E-state index contributed by atoms with van der Waals surface area (Å²) in [5, 5.41) is 3.03. The van der Waals surface area contributed by atoms with E-state index in [1.165, 1.54) is 13.1 Å². The third-order valence-corrected chi connectivity index (χ3v) is 3.80. The SMILES string of the molecule is CC(=O)c1cnc(NC(=O)C(C)Oc2ccc(C)cc2)s1. The van der Waals surface area contributed by atoms with Crippen LogP contribution in [-0.4, -0.2) is 22.8 Å². The van der Waals surface area contributed by atoms with Crippen molar-refractivity contribution in [3.05, 3.63) is 40.9 Å². The Kier molecular flexibility index (Phi) is 4.70. The van der Waals surface area contributed by atoms with Gasteiger partial charge in [0.1, 0.15) is 5.75 Å². The van der Waals surface area contributed by atoms with E-state index in [4.69, 9.17) is 4.74 Å². The van der Waals surface area contributed by atoms with Gasteiger partial charge in [-0.15, -0.1) is 0 Å². The van der Waals surface area contributed by atoms with Crippen LogP contribution in [0, 0.1) is 6.92 Å². The minimum atomic E-state index is -0.655. The Labute approximate surface area is 127 Å². The van der Waals surface area contributed by atoms with Gasteiger partial charge in [0.2, 0.25) is 0 Å². The Bertz CT molecular complexity index is 649. The predicted molar refractivity (Wildman–Crippen MR) is 82.0 cm³/mol. The molecule has 1 amide bonds. The van der Waals surface area contributed by atoms with Gasteiger partial charge in [-0.1, -0.05) is 29.0 Å². The summed E-state index contributed by atoms with van der Waals surface area (Å²) >= 11 is 1.15. The molecular weight excluding hydrogens is 288 g/mol. The molecule has 1 atom stereocenters. The summed E-state index contributed by atoms with van der Waals surface area (Å²) in [7, 11) is 0. The normalized spacial score (nSPS) is 11.8. The molecule has 0 aliphatic carbocycles. The van der Waals surface area contributed by atoms with Gasteiger partial charge < -0.3 is 4.74 Å². The van der Waals surface area contributed by atoms with E-state index in [0.29, 0.717) is 15.8 Å². The summed E-state index contributed by atoms with van der Waals surface area (Å²) < 4.78 is 5.56. The standard InChI is InChI=1S/C15H16N2O3S/c1-9-4-6-12(7-5-9)20-11(3)14(19)17-15-16-8-13(21-15)10(2)18/h4-8,11H,1-3H3,(H,16,17,19). The summed E-state index contributed by atoms with van der Waals surface area (Å²) in [6.45, 7) is 5.10. The average Bonchev–Trinajstić information content (AvgIpc) is 2.90. The average molecular weight is 304 g/mol. The highest BCUT2D eigenvalue weighted by Crippen LogP contribution is 2.19. The number of carbonyl (C=O) groups excluding carboxylic acids is 2. The zero-order chi connectivity index (χ0) is 15.4. The molecule has 0 saturated carbocycles. The maximum Gasteiger partial charge on any atom is 0.266 e. The number of anilines is 1. The van der Waals surface area contributed by atoms with Crippen molar-refractivity contribution >= 4 is 28.2 Å². The van der Waals surface area contributed by atoms with Crippen LogP contribution >= 0.6 is 11.3 Å². The maximum absolute atomic E-state index is 12.0. The molecule has 1 aromatic heterocycles. The molecule has 0 bridgehead atoms. The molecule has 0 radical (unpaired) electrons. The molecular formula is C15H16N2O3S. The zero-order valence-corrected chi connectivity index (χ0v) is 12.9. The molecule has 2 rings (SSSR count). The Morgan fingerprint density at radius 2 is 1.95 bits per heavy atom. The number of ketones is 1. The van der Waals surface area contributed by atoms with E-state index in [1.807, 2.05) is 31.2 Å². The highest BCUT2D eigenvalue weighted by atomic mass is 32.1. The number of benzene rings is 1. The number of thiazole rings is 1. The van der Waals surface area contributed by atoms with E-state index >= 15 is 0 Å². The summed E-state index contributed by atoms with van der Waals surface area (Å²) in [6, 6.07) is 7.46. The van der Waals surface area contributed by atoms with Crippen molar-refractivity contribution in [1.29, 1.82) is 0 Å². The lowest BCUT2D eigenvalue weighted by atomic mass is 10.2. The molecule has 0 fully saturated rings. The van der Waals surface area contributed by atoms with Gasteiger partial charge in [0.15, 0.2) is 17.0 Å². The van der Waals surface area contributed by atoms with Crippen molar-refractivity contribution in [3.8, 4) is 5.75 Å². The van der Waals surface area contributed by atoms with Gasteiger partial charge in [-0.2, -0.15) is 0 Å². The molecule has 5 nitrogen and oxygen atoms in total.